The highest BCUT2D eigenvalue weighted by atomic mass is 15.4. The first-order valence-electron chi connectivity index (χ1n) is 5.54. The van der Waals surface area contributed by atoms with Gasteiger partial charge in [-0.05, 0) is 25.7 Å². The number of aromatic nitrogens is 3. The van der Waals surface area contributed by atoms with E-state index >= 15 is 0 Å². The molecule has 6 heteroatoms. The number of hydrogen-bond acceptors (Lipinski definition) is 5. The second kappa shape index (κ2) is 4.63. The molecule has 0 aromatic carbocycles. The minimum Gasteiger partial charge on any atom is -0.328 e. The van der Waals surface area contributed by atoms with Crippen molar-refractivity contribution in [2.75, 3.05) is 0 Å². The van der Waals surface area contributed by atoms with Crippen molar-refractivity contribution in [1.29, 1.82) is 0 Å². The average Bonchev–Trinajstić information content (AvgIpc) is 2.78. The fourth-order valence-corrected chi connectivity index (χ4v) is 2.03. The van der Waals surface area contributed by atoms with Crippen molar-refractivity contribution in [1.82, 2.24) is 20.4 Å². The van der Waals surface area contributed by atoms with E-state index < -0.39 is 0 Å². The van der Waals surface area contributed by atoms with Crippen LogP contribution in [0.15, 0.2) is 12.8 Å². The Bertz CT molecular complexity index is 363. The fraction of sp³-hybridized carbons (Fsp3) is 0.600. The predicted octanol–water partition coefficient (Wildman–Crippen LogP) is 0.154. The molecule has 1 aromatic rings. The van der Waals surface area contributed by atoms with E-state index in [4.69, 9.17) is 11.6 Å². The molecule has 1 aliphatic carbocycles. The monoisotopic (exact) mass is 222 g/mol. The molecule has 2 rings (SSSR count). The predicted molar refractivity (Wildman–Crippen MR) is 61.9 cm³/mol. The lowest BCUT2D eigenvalue weighted by Crippen LogP contribution is -2.28. The van der Waals surface area contributed by atoms with Gasteiger partial charge in [-0.2, -0.15) is 0 Å². The van der Waals surface area contributed by atoms with E-state index in [9.17, 15) is 0 Å². The van der Waals surface area contributed by atoms with Gasteiger partial charge in [0, 0.05) is 6.04 Å². The standard InChI is InChI=1S/C10H18N6/c1-7(13-12)10-6-16(15-14-10)9-4-2-8(11)3-5-9/h6,8-9,13H,1-5,11-12H2. The Kier molecular flexibility index (Phi) is 3.21. The maximum atomic E-state index is 5.86. The summed E-state index contributed by atoms with van der Waals surface area (Å²) in [7, 11) is 0. The van der Waals surface area contributed by atoms with Crippen LogP contribution in [0.4, 0.5) is 0 Å². The van der Waals surface area contributed by atoms with Crippen molar-refractivity contribution >= 4 is 5.70 Å². The molecule has 0 spiro atoms. The van der Waals surface area contributed by atoms with E-state index in [1.807, 2.05) is 10.9 Å². The average molecular weight is 222 g/mol. The molecule has 1 heterocycles. The highest BCUT2D eigenvalue weighted by Gasteiger charge is 2.21. The molecule has 0 bridgehead atoms. The van der Waals surface area contributed by atoms with Gasteiger partial charge in [-0.1, -0.05) is 11.8 Å². The molecule has 0 unspecified atom stereocenters. The van der Waals surface area contributed by atoms with E-state index in [0.717, 1.165) is 25.7 Å². The van der Waals surface area contributed by atoms with Crippen LogP contribution in [-0.2, 0) is 0 Å². The summed E-state index contributed by atoms with van der Waals surface area (Å²) >= 11 is 0. The molecule has 0 saturated heterocycles. The summed E-state index contributed by atoms with van der Waals surface area (Å²) in [5, 5.41) is 8.12. The van der Waals surface area contributed by atoms with Crippen LogP contribution in [0.2, 0.25) is 0 Å². The second-order valence-corrected chi connectivity index (χ2v) is 4.28. The van der Waals surface area contributed by atoms with E-state index in [2.05, 4.69) is 22.3 Å². The molecule has 1 aliphatic rings. The molecule has 1 saturated carbocycles. The van der Waals surface area contributed by atoms with Crippen molar-refractivity contribution in [3.8, 4) is 0 Å². The van der Waals surface area contributed by atoms with E-state index in [1.54, 1.807) is 0 Å². The van der Waals surface area contributed by atoms with Gasteiger partial charge >= 0.3 is 0 Å². The first-order chi connectivity index (χ1) is 7.70. The van der Waals surface area contributed by atoms with Crippen LogP contribution in [0, 0.1) is 0 Å². The van der Waals surface area contributed by atoms with E-state index in [-0.39, 0.29) is 0 Å². The first kappa shape index (κ1) is 11.1. The Balaban J connectivity index is 2.04. The lowest BCUT2D eigenvalue weighted by atomic mass is 9.92. The summed E-state index contributed by atoms with van der Waals surface area (Å²) in [6.07, 6.45) is 6.11. The van der Waals surface area contributed by atoms with Crippen LogP contribution in [0.1, 0.15) is 37.4 Å². The van der Waals surface area contributed by atoms with Gasteiger partial charge in [-0.25, -0.2) is 4.68 Å². The minimum absolute atomic E-state index is 0.347. The van der Waals surface area contributed by atoms with E-state index in [1.165, 1.54) is 0 Å². The maximum Gasteiger partial charge on any atom is 0.129 e. The van der Waals surface area contributed by atoms with Gasteiger partial charge in [0.05, 0.1) is 17.9 Å². The summed E-state index contributed by atoms with van der Waals surface area (Å²) in [4.78, 5) is 0. The summed E-state index contributed by atoms with van der Waals surface area (Å²) in [5.41, 5.74) is 9.61. The Morgan fingerprint density at radius 2 is 2.12 bits per heavy atom. The van der Waals surface area contributed by atoms with Gasteiger partial charge in [0.25, 0.3) is 0 Å². The fourth-order valence-electron chi connectivity index (χ4n) is 2.03. The number of hydrazine groups is 1. The van der Waals surface area contributed by atoms with Crippen LogP contribution >= 0.6 is 0 Å². The summed E-state index contributed by atoms with van der Waals surface area (Å²) in [6, 6.07) is 0.756. The zero-order chi connectivity index (χ0) is 11.5. The quantitative estimate of drug-likeness (QED) is 0.500. The topological polar surface area (TPSA) is 94.8 Å². The molecule has 5 N–H and O–H groups in total. The SMILES string of the molecule is C=C(NN)c1cn(C2CCC(N)CC2)nn1. The lowest BCUT2D eigenvalue weighted by molar-refractivity contribution is 0.300. The highest BCUT2D eigenvalue weighted by Crippen LogP contribution is 2.27. The van der Waals surface area contributed by atoms with E-state index in [0.29, 0.717) is 23.5 Å². The number of nitrogens with two attached hydrogens (primary N) is 2. The van der Waals surface area contributed by atoms with Gasteiger partial charge in [0.2, 0.25) is 0 Å². The summed E-state index contributed by atoms with van der Waals surface area (Å²) in [5.74, 6) is 5.27. The molecule has 1 aromatic heterocycles. The van der Waals surface area contributed by atoms with Crippen LogP contribution in [0.25, 0.3) is 5.70 Å². The van der Waals surface area contributed by atoms with Crippen molar-refractivity contribution in [2.45, 2.75) is 37.8 Å². The normalized spacial score (nSPS) is 25.4. The van der Waals surface area contributed by atoms with Gasteiger partial charge in [-0.3, -0.25) is 5.84 Å². The molecular weight excluding hydrogens is 204 g/mol. The third-order valence-corrected chi connectivity index (χ3v) is 3.11. The van der Waals surface area contributed by atoms with Crippen molar-refractivity contribution in [3.63, 3.8) is 0 Å². The molecule has 16 heavy (non-hydrogen) atoms. The summed E-state index contributed by atoms with van der Waals surface area (Å²) in [6.45, 7) is 3.74. The van der Waals surface area contributed by atoms with Crippen LogP contribution in [-0.4, -0.2) is 21.0 Å². The van der Waals surface area contributed by atoms with Gasteiger partial charge in [0.1, 0.15) is 5.69 Å². The Hall–Kier alpha value is -1.40. The third kappa shape index (κ3) is 2.23. The number of rotatable bonds is 3. The van der Waals surface area contributed by atoms with Crippen LogP contribution < -0.4 is 17.0 Å². The zero-order valence-corrected chi connectivity index (χ0v) is 9.26. The molecular formula is C10H18N6. The third-order valence-electron chi connectivity index (χ3n) is 3.11. The van der Waals surface area contributed by atoms with Gasteiger partial charge in [-0.15, -0.1) is 5.10 Å². The molecule has 0 amide bonds. The molecule has 0 aliphatic heterocycles. The van der Waals surface area contributed by atoms with Crippen molar-refractivity contribution in [2.24, 2.45) is 11.6 Å². The molecule has 1 fully saturated rings. The van der Waals surface area contributed by atoms with Crippen molar-refractivity contribution in [3.05, 3.63) is 18.5 Å². The smallest absolute Gasteiger partial charge is 0.129 e. The van der Waals surface area contributed by atoms with Crippen LogP contribution in [0.3, 0.4) is 0 Å². The highest BCUT2D eigenvalue weighted by molar-refractivity contribution is 5.56. The van der Waals surface area contributed by atoms with Gasteiger partial charge < -0.3 is 11.2 Å². The number of nitrogens with zero attached hydrogens (tertiary/aromatic N) is 3. The van der Waals surface area contributed by atoms with Crippen molar-refractivity contribution < 1.29 is 0 Å². The Morgan fingerprint density at radius 3 is 2.75 bits per heavy atom. The number of hydrogen-bond donors (Lipinski definition) is 3. The van der Waals surface area contributed by atoms with Gasteiger partial charge in [0.15, 0.2) is 0 Å². The second-order valence-electron chi connectivity index (χ2n) is 4.28. The zero-order valence-electron chi connectivity index (χ0n) is 9.26. The molecule has 0 atom stereocenters. The maximum absolute atomic E-state index is 5.86. The molecule has 6 nitrogen and oxygen atoms in total. The largest absolute Gasteiger partial charge is 0.328 e. The Labute approximate surface area is 94.7 Å². The van der Waals surface area contributed by atoms with Crippen LogP contribution in [0.5, 0.6) is 0 Å². The Morgan fingerprint density at radius 1 is 1.44 bits per heavy atom. The lowest BCUT2D eigenvalue weighted by Gasteiger charge is -2.25. The first-order valence-corrected chi connectivity index (χ1v) is 5.54. The minimum atomic E-state index is 0.347. The summed E-state index contributed by atoms with van der Waals surface area (Å²) < 4.78 is 1.89. The molecule has 0 radical (unpaired) electrons. The molecule has 88 valence electrons. The number of nitrogens with one attached hydrogen (secondary N) is 1.